The molecule has 2 fully saturated rings. The fraction of sp³-hybridized carbons (Fsp3) is 0.647. The molecule has 0 saturated carbocycles. The average Bonchev–Trinajstić information content (AvgIpc) is 3.07. The number of carbonyl (C=O) groups excluding carboxylic acids is 1. The summed E-state index contributed by atoms with van der Waals surface area (Å²) in [5, 5.41) is 2.97. The number of likely N-dealkylation sites (tertiary alicyclic amines) is 1. The zero-order chi connectivity index (χ0) is 16.2. The van der Waals surface area contributed by atoms with Gasteiger partial charge >= 0.3 is 6.03 Å². The highest BCUT2D eigenvalue weighted by atomic mass is 16.5. The van der Waals surface area contributed by atoms with E-state index in [1.165, 1.54) is 0 Å². The van der Waals surface area contributed by atoms with E-state index in [1.807, 2.05) is 23.2 Å². The van der Waals surface area contributed by atoms with Crippen molar-refractivity contribution in [2.24, 2.45) is 0 Å². The maximum Gasteiger partial charge on any atom is 0.317 e. The van der Waals surface area contributed by atoms with Gasteiger partial charge in [0.05, 0.1) is 12.2 Å². The van der Waals surface area contributed by atoms with Gasteiger partial charge in [0, 0.05) is 38.9 Å². The van der Waals surface area contributed by atoms with E-state index >= 15 is 0 Å². The van der Waals surface area contributed by atoms with Crippen LogP contribution in [0.4, 0.5) is 10.6 Å². The summed E-state index contributed by atoms with van der Waals surface area (Å²) in [7, 11) is 0. The third kappa shape index (κ3) is 4.13. The van der Waals surface area contributed by atoms with E-state index in [0.717, 1.165) is 50.4 Å². The predicted octanol–water partition coefficient (Wildman–Crippen LogP) is 2.00. The van der Waals surface area contributed by atoms with Crippen LogP contribution in [0.3, 0.4) is 0 Å². The minimum Gasteiger partial charge on any atom is -0.372 e. The van der Waals surface area contributed by atoms with Crippen LogP contribution in [0.15, 0.2) is 18.3 Å². The number of ether oxygens (including phenoxy) is 1. The molecule has 1 aromatic rings. The standard InChI is InChI=1S/C17H26N4O2/c1-13-11-21(12-14(2)23-13)16-6-5-15(9-18-16)10-19-17(22)20-7-3-4-8-20/h5-6,9,13-14H,3-4,7-8,10-12H2,1-2H3,(H,19,22). The number of nitrogens with one attached hydrogen (secondary N) is 1. The van der Waals surface area contributed by atoms with Crippen LogP contribution < -0.4 is 10.2 Å². The molecule has 23 heavy (non-hydrogen) atoms. The van der Waals surface area contributed by atoms with E-state index in [2.05, 4.69) is 29.0 Å². The Morgan fingerprint density at radius 1 is 1.26 bits per heavy atom. The van der Waals surface area contributed by atoms with Crippen molar-refractivity contribution >= 4 is 11.8 Å². The first kappa shape index (κ1) is 16.1. The fourth-order valence-electron chi connectivity index (χ4n) is 3.28. The van der Waals surface area contributed by atoms with Gasteiger partial charge in [-0.15, -0.1) is 0 Å². The first-order chi connectivity index (χ1) is 11.1. The summed E-state index contributed by atoms with van der Waals surface area (Å²) < 4.78 is 5.75. The first-order valence-electron chi connectivity index (χ1n) is 8.50. The molecule has 0 spiro atoms. The summed E-state index contributed by atoms with van der Waals surface area (Å²) in [6, 6.07) is 4.10. The molecule has 2 aliphatic heterocycles. The largest absolute Gasteiger partial charge is 0.372 e. The topological polar surface area (TPSA) is 57.7 Å². The maximum absolute atomic E-state index is 12.0. The number of carbonyl (C=O) groups is 1. The second kappa shape index (κ2) is 7.17. The summed E-state index contributed by atoms with van der Waals surface area (Å²) in [6.45, 7) is 8.17. The second-order valence-corrected chi connectivity index (χ2v) is 6.54. The summed E-state index contributed by atoms with van der Waals surface area (Å²) in [5.41, 5.74) is 1.02. The Hall–Kier alpha value is -1.82. The number of aromatic nitrogens is 1. The molecule has 3 rings (SSSR count). The van der Waals surface area contributed by atoms with Crippen LogP contribution in [0.5, 0.6) is 0 Å². The molecule has 0 aliphatic carbocycles. The lowest BCUT2D eigenvalue weighted by atomic mass is 10.2. The second-order valence-electron chi connectivity index (χ2n) is 6.54. The summed E-state index contributed by atoms with van der Waals surface area (Å²) in [5.74, 6) is 0.974. The van der Waals surface area contributed by atoms with Gasteiger partial charge in [-0.05, 0) is 38.3 Å². The molecule has 2 atom stereocenters. The van der Waals surface area contributed by atoms with Gasteiger partial charge in [0.1, 0.15) is 5.82 Å². The van der Waals surface area contributed by atoms with Gasteiger partial charge in [-0.1, -0.05) is 6.07 Å². The van der Waals surface area contributed by atoms with Crippen molar-refractivity contribution in [1.82, 2.24) is 15.2 Å². The molecule has 2 aliphatic rings. The van der Waals surface area contributed by atoms with E-state index in [-0.39, 0.29) is 18.2 Å². The SMILES string of the molecule is CC1CN(c2ccc(CNC(=O)N3CCCC3)cn2)CC(C)O1. The van der Waals surface area contributed by atoms with E-state index in [9.17, 15) is 4.79 Å². The molecule has 0 aromatic carbocycles. The van der Waals surface area contributed by atoms with Gasteiger partial charge in [-0.25, -0.2) is 9.78 Å². The van der Waals surface area contributed by atoms with Gasteiger partial charge in [0.25, 0.3) is 0 Å². The normalized spacial score (nSPS) is 24.8. The van der Waals surface area contributed by atoms with Crippen molar-refractivity contribution in [3.05, 3.63) is 23.9 Å². The van der Waals surface area contributed by atoms with E-state index < -0.39 is 0 Å². The highest BCUT2D eigenvalue weighted by Crippen LogP contribution is 2.18. The molecule has 3 heterocycles. The maximum atomic E-state index is 12.0. The number of nitrogens with zero attached hydrogens (tertiary/aromatic N) is 3. The number of morpholine rings is 1. The lowest BCUT2D eigenvalue weighted by Crippen LogP contribution is -2.45. The number of pyridine rings is 1. The summed E-state index contributed by atoms with van der Waals surface area (Å²) in [4.78, 5) is 20.7. The minimum atomic E-state index is 0.0300. The molecular formula is C17H26N4O2. The molecule has 126 valence electrons. The minimum absolute atomic E-state index is 0.0300. The quantitative estimate of drug-likeness (QED) is 0.926. The number of rotatable bonds is 3. The average molecular weight is 318 g/mol. The number of hydrogen-bond donors (Lipinski definition) is 1. The van der Waals surface area contributed by atoms with Gasteiger partial charge < -0.3 is 19.9 Å². The highest BCUT2D eigenvalue weighted by molar-refractivity contribution is 5.74. The van der Waals surface area contributed by atoms with E-state index in [0.29, 0.717) is 6.54 Å². The van der Waals surface area contributed by atoms with Gasteiger partial charge in [-0.2, -0.15) is 0 Å². The zero-order valence-corrected chi connectivity index (χ0v) is 14.0. The van der Waals surface area contributed by atoms with Crippen molar-refractivity contribution in [3.63, 3.8) is 0 Å². The molecule has 0 radical (unpaired) electrons. The Morgan fingerprint density at radius 2 is 1.96 bits per heavy atom. The molecule has 6 nitrogen and oxygen atoms in total. The molecule has 2 amide bonds. The smallest absolute Gasteiger partial charge is 0.317 e. The summed E-state index contributed by atoms with van der Waals surface area (Å²) in [6.07, 6.45) is 4.52. The van der Waals surface area contributed by atoms with Crippen molar-refractivity contribution in [1.29, 1.82) is 0 Å². The first-order valence-corrected chi connectivity index (χ1v) is 8.50. The lowest BCUT2D eigenvalue weighted by molar-refractivity contribution is -0.00546. The van der Waals surface area contributed by atoms with Crippen molar-refractivity contribution in [2.45, 2.75) is 45.4 Å². The third-order valence-electron chi connectivity index (χ3n) is 4.39. The van der Waals surface area contributed by atoms with Crippen LogP contribution in [0.25, 0.3) is 0 Å². The van der Waals surface area contributed by atoms with Crippen LogP contribution in [-0.4, -0.2) is 54.3 Å². The van der Waals surface area contributed by atoms with Gasteiger partial charge in [-0.3, -0.25) is 0 Å². The number of amides is 2. The Balaban J connectivity index is 1.53. The van der Waals surface area contributed by atoms with Crippen LogP contribution >= 0.6 is 0 Å². The van der Waals surface area contributed by atoms with Gasteiger partial charge in [0.15, 0.2) is 0 Å². The molecular weight excluding hydrogens is 292 g/mol. The Morgan fingerprint density at radius 3 is 2.57 bits per heavy atom. The Bertz CT molecular complexity index is 518. The van der Waals surface area contributed by atoms with E-state index in [1.54, 1.807) is 0 Å². The molecule has 1 N–H and O–H groups in total. The molecule has 2 unspecified atom stereocenters. The highest BCUT2D eigenvalue weighted by Gasteiger charge is 2.23. The van der Waals surface area contributed by atoms with Gasteiger partial charge in [0.2, 0.25) is 0 Å². The van der Waals surface area contributed by atoms with Crippen molar-refractivity contribution < 1.29 is 9.53 Å². The lowest BCUT2D eigenvalue weighted by Gasteiger charge is -2.36. The van der Waals surface area contributed by atoms with Crippen LogP contribution in [0.2, 0.25) is 0 Å². The molecule has 2 saturated heterocycles. The third-order valence-corrected chi connectivity index (χ3v) is 4.39. The monoisotopic (exact) mass is 318 g/mol. The van der Waals surface area contributed by atoms with Crippen LogP contribution in [-0.2, 0) is 11.3 Å². The Labute approximate surface area is 137 Å². The number of urea groups is 1. The molecule has 6 heteroatoms. The molecule has 0 bridgehead atoms. The van der Waals surface area contributed by atoms with Crippen molar-refractivity contribution in [2.75, 3.05) is 31.1 Å². The number of hydrogen-bond acceptors (Lipinski definition) is 4. The van der Waals surface area contributed by atoms with E-state index in [4.69, 9.17) is 4.74 Å². The van der Waals surface area contributed by atoms with Crippen LogP contribution in [0, 0.1) is 0 Å². The fourth-order valence-corrected chi connectivity index (χ4v) is 3.28. The Kier molecular flexibility index (Phi) is 5.00. The van der Waals surface area contributed by atoms with Crippen molar-refractivity contribution in [3.8, 4) is 0 Å². The zero-order valence-electron chi connectivity index (χ0n) is 14.0. The van der Waals surface area contributed by atoms with Crippen LogP contribution in [0.1, 0.15) is 32.3 Å². The molecule has 1 aromatic heterocycles. The number of anilines is 1. The summed E-state index contributed by atoms with van der Waals surface area (Å²) >= 11 is 0. The predicted molar refractivity (Wildman–Crippen MR) is 89.5 cm³/mol.